The number of amidine groups is 1. The molecule has 1 amide bonds. The van der Waals surface area contributed by atoms with Gasteiger partial charge in [-0.2, -0.15) is 5.26 Å². The lowest BCUT2D eigenvalue weighted by Crippen LogP contribution is -2.37. The number of thioether (sulfide) groups is 1. The molecule has 1 aromatic carbocycles. The van der Waals surface area contributed by atoms with Crippen molar-refractivity contribution in [1.29, 1.82) is 5.26 Å². The first-order chi connectivity index (χ1) is 12.4. The number of nitriles is 1. The summed E-state index contributed by atoms with van der Waals surface area (Å²) in [6.07, 6.45) is 1.25. The fourth-order valence-corrected chi connectivity index (χ4v) is 6.87. The average Bonchev–Trinajstić information content (AvgIpc) is 3.07. The van der Waals surface area contributed by atoms with Crippen LogP contribution in [0, 0.1) is 11.3 Å². The molecule has 2 atom stereocenters. The molecule has 3 rings (SSSR count). The minimum atomic E-state index is -3.08. The molecular formula is C17H18N4O3S2. The Hall–Kier alpha value is -2.31. The third-order valence-corrected chi connectivity index (χ3v) is 7.33. The van der Waals surface area contributed by atoms with Crippen LogP contribution < -0.4 is 10.2 Å². The second-order valence-corrected chi connectivity index (χ2v) is 9.29. The van der Waals surface area contributed by atoms with E-state index >= 15 is 0 Å². The van der Waals surface area contributed by atoms with Crippen LogP contribution in [0.25, 0.3) is 0 Å². The van der Waals surface area contributed by atoms with Gasteiger partial charge in [0.15, 0.2) is 15.0 Å². The van der Waals surface area contributed by atoms with Gasteiger partial charge in [0.25, 0.3) is 5.91 Å². The molecule has 1 aromatic rings. The number of benzene rings is 1. The van der Waals surface area contributed by atoms with Crippen molar-refractivity contribution in [2.24, 2.45) is 4.99 Å². The van der Waals surface area contributed by atoms with Crippen molar-refractivity contribution in [3.8, 4) is 6.07 Å². The molecule has 2 fully saturated rings. The Morgan fingerprint density at radius 1 is 1.42 bits per heavy atom. The van der Waals surface area contributed by atoms with Crippen molar-refractivity contribution in [2.45, 2.75) is 18.2 Å². The van der Waals surface area contributed by atoms with Crippen LogP contribution in [0.2, 0.25) is 0 Å². The zero-order valence-electron chi connectivity index (χ0n) is 14.1. The van der Waals surface area contributed by atoms with Crippen LogP contribution >= 0.6 is 11.8 Å². The summed E-state index contributed by atoms with van der Waals surface area (Å²) in [6.45, 7) is 2.19. The predicted octanol–water partition coefficient (Wildman–Crippen LogP) is 1.30. The number of fused-ring (bicyclic) bond motifs is 1. The summed E-state index contributed by atoms with van der Waals surface area (Å²) in [5, 5.41) is 12.2. The maximum absolute atomic E-state index is 12.0. The van der Waals surface area contributed by atoms with Gasteiger partial charge in [-0.3, -0.25) is 4.79 Å². The van der Waals surface area contributed by atoms with E-state index in [9.17, 15) is 13.2 Å². The van der Waals surface area contributed by atoms with Crippen molar-refractivity contribution in [1.82, 2.24) is 5.32 Å². The van der Waals surface area contributed by atoms with E-state index in [1.807, 2.05) is 41.3 Å². The lowest BCUT2D eigenvalue weighted by molar-refractivity contribution is -0.117. The molecule has 2 heterocycles. The van der Waals surface area contributed by atoms with E-state index in [1.54, 1.807) is 6.92 Å². The Labute approximate surface area is 156 Å². The van der Waals surface area contributed by atoms with Crippen LogP contribution in [0.5, 0.6) is 0 Å². The third-order valence-electron chi connectivity index (χ3n) is 4.11. The fourth-order valence-electron chi connectivity index (χ4n) is 2.98. The van der Waals surface area contributed by atoms with Crippen LogP contribution in [-0.2, 0) is 14.6 Å². The molecule has 0 bridgehead atoms. The maximum atomic E-state index is 12.0. The van der Waals surface area contributed by atoms with Gasteiger partial charge in [-0.25, -0.2) is 13.4 Å². The summed E-state index contributed by atoms with van der Waals surface area (Å²) in [5.41, 5.74) is 0.755. The highest BCUT2D eigenvalue weighted by Crippen LogP contribution is 2.40. The number of hydrogen-bond donors (Lipinski definition) is 1. The number of carbonyl (C=O) groups excluding carboxylic acids is 1. The summed E-state index contributed by atoms with van der Waals surface area (Å²) in [4.78, 5) is 18.1. The fraction of sp³-hybridized carbons (Fsp3) is 0.353. The molecule has 2 saturated heterocycles. The molecule has 0 spiro atoms. The van der Waals surface area contributed by atoms with Crippen molar-refractivity contribution >= 4 is 38.4 Å². The molecule has 1 N–H and O–H groups in total. The second kappa shape index (κ2) is 7.51. The number of likely N-dealkylation sites (N-methyl/N-ethyl adjacent to an activating group) is 1. The number of para-hydroxylation sites is 1. The number of nitrogens with one attached hydrogen (secondary N) is 1. The van der Waals surface area contributed by atoms with Crippen LogP contribution in [0.3, 0.4) is 0 Å². The van der Waals surface area contributed by atoms with Gasteiger partial charge in [0, 0.05) is 17.5 Å². The molecular weight excluding hydrogens is 372 g/mol. The third kappa shape index (κ3) is 3.76. The first-order valence-corrected chi connectivity index (χ1v) is 10.8. The molecule has 0 saturated carbocycles. The number of rotatable bonds is 4. The summed E-state index contributed by atoms with van der Waals surface area (Å²) >= 11 is 1.38. The molecule has 26 heavy (non-hydrogen) atoms. The van der Waals surface area contributed by atoms with Gasteiger partial charge in [-0.1, -0.05) is 30.0 Å². The zero-order valence-corrected chi connectivity index (χ0v) is 15.8. The maximum Gasteiger partial charge on any atom is 0.263 e. The number of carbonyl (C=O) groups is 1. The topological polar surface area (TPSA) is 103 Å². The lowest BCUT2D eigenvalue weighted by atomic mass is 10.2. The number of sulfone groups is 1. The second-order valence-electron chi connectivity index (χ2n) is 5.93. The van der Waals surface area contributed by atoms with Crippen molar-refractivity contribution in [3.05, 3.63) is 42.1 Å². The van der Waals surface area contributed by atoms with Gasteiger partial charge in [0.1, 0.15) is 11.6 Å². The van der Waals surface area contributed by atoms with Crippen molar-refractivity contribution in [2.75, 3.05) is 23.0 Å². The van der Waals surface area contributed by atoms with E-state index in [0.717, 1.165) is 5.69 Å². The average molecular weight is 390 g/mol. The normalized spacial score (nSPS) is 25.8. The minimum Gasteiger partial charge on any atom is -0.352 e. The van der Waals surface area contributed by atoms with Crippen LogP contribution in [0.4, 0.5) is 5.69 Å². The Morgan fingerprint density at radius 2 is 2.15 bits per heavy atom. The van der Waals surface area contributed by atoms with Crippen molar-refractivity contribution < 1.29 is 13.2 Å². The molecule has 9 heteroatoms. The first kappa shape index (κ1) is 18.5. The van der Waals surface area contributed by atoms with E-state index in [0.29, 0.717) is 11.7 Å². The Kier molecular flexibility index (Phi) is 5.34. The molecule has 2 aliphatic heterocycles. The van der Waals surface area contributed by atoms with Crippen LogP contribution in [-0.4, -0.2) is 48.8 Å². The summed E-state index contributed by atoms with van der Waals surface area (Å²) < 4.78 is 24.0. The SMILES string of the molecule is CCNC(=O)/C(C#N)=C/N=C1S[C@H]2CS(=O)(=O)C[C@@H]2N1c1ccccc1. The minimum absolute atomic E-state index is 0.0731. The van der Waals surface area contributed by atoms with Gasteiger partial charge in [-0.05, 0) is 19.1 Å². The number of aliphatic imine (C=N–C) groups is 1. The number of anilines is 1. The highest BCUT2D eigenvalue weighted by atomic mass is 32.2. The molecule has 7 nitrogen and oxygen atoms in total. The molecule has 0 radical (unpaired) electrons. The van der Waals surface area contributed by atoms with Crippen LogP contribution in [0.15, 0.2) is 47.1 Å². The van der Waals surface area contributed by atoms with Gasteiger partial charge < -0.3 is 10.2 Å². The number of hydrogen-bond acceptors (Lipinski definition) is 6. The van der Waals surface area contributed by atoms with E-state index in [4.69, 9.17) is 5.26 Å². The van der Waals surface area contributed by atoms with Gasteiger partial charge >= 0.3 is 0 Å². The molecule has 0 aromatic heterocycles. The largest absolute Gasteiger partial charge is 0.352 e. The number of amides is 1. The van der Waals surface area contributed by atoms with Gasteiger partial charge in [0.2, 0.25) is 0 Å². The zero-order chi connectivity index (χ0) is 18.7. The quantitative estimate of drug-likeness (QED) is 0.614. The molecule has 136 valence electrons. The van der Waals surface area contributed by atoms with E-state index < -0.39 is 15.7 Å². The van der Waals surface area contributed by atoms with E-state index in [1.165, 1.54) is 18.0 Å². The smallest absolute Gasteiger partial charge is 0.263 e. The molecule has 2 aliphatic rings. The molecule has 0 aliphatic carbocycles. The highest BCUT2D eigenvalue weighted by Gasteiger charge is 2.49. The summed E-state index contributed by atoms with van der Waals surface area (Å²) in [6, 6.07) is 11.1. The monoisotopic (exact) mass is 390 g/mol. The van der Waals surface area contributed by atoms with Crippen LogP contribution in [0.1, 0.15) is 6.92 Å². The Bertz CT molecular complexity index is 904. The predicted molar refractivity (Wildman–Crippen MR) is 103 cm³/mol. The van der Waals surface area contributed by atoms with Gasteiger partial charge in [-0.15, -0.1) is 0 Å². The van der Waals surface area contributed by atoms with Gasteiger partial charge in [0.05, 0.1) is 23.7 Å². The standard InChI is InChI=1S/C17H18N4O3S2/c1-2-19-16(22)12(8-18)9-20-17-21(13-6-4-3-5-7-13)14-10-26(23,24)11-15(14)25-17/h3-7,9,14-15H,2,10-11H2,1H3,(H,19,22)/b12-9+,20-17?/t14-,15-/m0/s1. The lowest BCUT2D eigenvalue weighted by Gasteiger charge is -2.24. The van der Waals surface area contributed by atoms with Crippen molar-refractivity contribution in [3.63, 3.8) is 0 Å². The summed E-state index contributed by atoms with van der Waals surface area (Å²) in [5.74, 6) is -0.295. The summed E-state index contributed by atoms with van der Waals surface area (Å²) in [7, 11) is -3.08. The Morgan fingerprint density at radius 3 is 2.81 bits per heavy atom. The first-order valence-electron chi connectivity index (χ1n) is 8.13. The Balaban J connectivity index is 1.96. The van der Waals surface area contributed by atoms with E-state index in [-0.39, 0.29) is 28.4 Å². The highest BCUT2D eigenvalue weighted by molar-refractivity contribution is 8.16. The molecule has 0 unspecified atom stereocenters. The number of nitrogens with zero attached hydrogens (tertiary/aromatic N) is 3. The van der Waals surface area contributed by atoms with E-state index in [2.05, 4.69) is 10.3 Å².